The van der Waals surface area contributed by atoms with Crippen LogP contribution >= 0.6 is 11.8 Å². The summed E-state index contributed by atoms with van der Waals surface area (Å²) in [5.74, 6) is 0.926. The van der Waals surface area contributed by atoms with Gasteiger partial charge in [-0.2, -0.15) is 0 Å². The molecule has 0 aliphatic carbocycles. The second-order valence-corrected chi connectivity index (χ2v) is 10.9. The molecule has 0 N–H and O–H groups in total. The average molecular weight is 457 g/mol. The van der Waals surface area contributed by atoms with E-state index < -0.39 is 9.84 Å². The standard InChI is InChI=1S/C22H24N4O3S2/c1-16-8-10-18(11-9-16)26-21(17-6-4-3-5-7-17)23-24-22(26)30-14-20(27)25(2)19-12-13-31(28,29)15-19/h3-11,19H,12-15H2,1-2H3/t19-/m1/s1. The van der Waals surface area contributed by atoms with Crippen LogP contribution in [0.25, 0.3) is 17.1 Å². The number of nitrogens with zero attached hydrogens (tertiary/aromatic N) is 4. The van der Waals surface area contributed by atoms with E-state index in [1.807, 2.05) is 66.1 Å². The molecular formula is C22H24N4O3S2. The number of sulfone groups is 1. The highest BCUT2D eigenvalue weighted by molar-refractivity contribution is 7.99. The van der Waals surface area contributed by atoms with E-state index in [2.05, 4.69) is 10.2 Å². The molecule has 1 aliphatic heterocycles. The summed E-state index contributed by atoms with van der Waals surface area (Å²) in [6.07, 6.45) is 0.493. The van der Waals surface area contributed by atoms with E-state index in [-0.39, 0.29) is 29.2 Å². The summed E-state index contributed by atoms with van der Waals surface area (Å²) < 4.78 is 25.4. The lowest BCUT2D eigenvalue weighted by Gasteiger charge is -2.23. The highest BCUT2D eigenvalue weighted by Crippen LogP contribution is 2.28. The maximum atomic E-state index is 12.7. The van der Waals surface area contributed by atoms with E-state index >= 15 is 0 Å². The van der Waals surface area contributed by atoms with Gasteiger partial charge >= 0.3 is 0 Å². The van der Waals surface area contributed by atoms with Crippen LogP contribution in [0.1, 0.15) is 12.0 Å². The molecule has 162 valence electrons. The van der Waals surface area contributed by atoms with Crippen molar-refractivity contribution in [3.8, 4) is 17.1 Å². The SMILES string of the molecule is Cc1ccc(-n2c(SCC(=O)N(C)[C@@H]3CCS(=O)(=O)C3)nnc2-c2ccccc2)cc1. The van der Waals surface area contributed by atoms with Gasteiger partial charge in [-0.15, -0.1) is 10.2 Å². The van der Waals surface area contributed by atoms with Crippen LogP contribution in [0.2, 0.25) is 0 Å². The van der Waals surface area contributed by atoms with Gasteiger partial charge in [0.15, 0.2) is 20.8 Å². The number of hydrogen-bond donors (Lipinski definition) is 0. The molecule has 0 bridgehead atoms. The predicted molar refractivity (Wildman–Crippen MR) is 122 cm³/mol. The molecule has 1 saturated heterocycles. The first-order valence-electron chi connectivity index (χ1n) is 10.0. The number of carbonyl (C=O) groups excluding carboxylic acids is 1. The quantitative estimate of drug-likeness (QED) is 0.530. The minimum absolute atomic E-state index is 0.0393. The van der Waals surface area contributed by atoms with E-state index in [0.29, 0.717) is 17.4 Å². The number of amides is 1. The fraction of sp³-hybridized carbons (Fsp3) is 0.318. The number of carbonyl (C=O) groups is 1. The lowest BCUT2D eigenvalue weighted by molar-refractivity contribution is -0.128. The first-order valence-corrected chi connectivity index (χ1v) is 12.8. The van der Waals surface area contributed by atoms with E-state index in [4.69, 9.17) is 0 Å². The molecule has 2 heterocycles. The third kappa shape index (κ3) is 4.83. The summed E-state index contributed by atoms with van der Waals surface area (Å²) in [6, 6.07) is 17.6. The zero-order valence-electron chi connectivity index (χ0n) is 17.4. The maximum absolute atomic E-state index is 12.7. The number of thioether (sulfide) groups is 1. The Morgan fingerprint density at radius 1 is 1.13 bits per heavy atom. The first-order chi connectivity index (χ1) is 14.8. The molecule has 1 amide bonds. The molecule has 2 aromatic carbocycles. The highest BCUT2D eigenvalue weighted by atomic mass is 32.2. The topological polar surface area (TPSA) is 85.2 Å². The third-order valence-corrected chi connectivity index (χ3v) is 8.10. The van der Waals surface area contributed by atoms with Gasteiger partial charge in [0.2, 0.25) is 5.91 Å². The summed E-state index contributed by atoms with van der Waals surface area (Å²) >= 11 is 1.31. The Kier molecular flexibility index (Phi) is 6.15. The van der Waals surface area contributed by atoms with Gasteiger partial charge in [-0.1, -0.05) is 59.8 Å². The zero-order chi connectivity index (χ0) is 22.0. The summed E-state index contributed by atoms with van der Waals surface area (Å²) in [4.78, 5) is 14.3. The largest absolute Gasteiger partial charge is 0.341 e. The molecule has 31 heavy (non-hydrogen) atoms. The van der Waals surface area contributed by atoms with E-state index in [1.165, 1.54) is 11.8 Å². The molecule has 1 fully saturated rings. The Morgan fingerprint density at radius 3 is 2.48 bits per heavy atom. The van der Waals surface area contributed by atoms with Gasteiger partial charge in [0.1, 0.15) is 0 Å². The van der Waals surface area contributed by atoms with Gasteiger partial charge in [0, 0.05) is 24.3 Å². The van der Waals surface area contributed by atoms with Crippen molar-refractivity contribution in [1.82, 2.24) is 19.7 Å². The molecule has 1 atom stereocenters. The van der Waals surface area contributed by atoms with Gasteiger partial charge in [-0.05, 0) is 25.5 Å². The van der Waals surface area contributed by atoms with Crippen LogP contribution in [0.5, 0.6) is 0 Å². The van der Waals surface area contributed by atoms with Crippen LogP contribution < -0.4 is 0 Å². The molecule has 3 aromatic rings. The normalized spacial score (nSPS) is 17.5. The fourth-order valence-electron chi connectivity index (χ4n) is 3.58. The maximum Gasteiger partial charge on any atom is 0.233 e. The van der Waals surface area contributed by atoms with Crippen molar-refractivity contribution in [3.63, 3.8) is 0 Å². The van der Waals surface area contributed by atoms with Crippen molar-refractivity contribution in [1.29, 1.82) is 0 Å². The van der Waals surface area contributed by atoms with E-state index in [0.717, 1.165) is 16.8 Å². The molecule has 0 spiro atoms. The first kappa shape index (κ1) is 21.6. The van der Waals surface area contributed by atoms with Gasteiger partial charge < -0.3 is 4.90 Å². The Bertz CT molecular complexity index is 1180. The molecule has 9 heteroatoms. The molecular weight excluding hydrogens is 432 g/mol. The Morgan fingerprint density at radius 2 is 1.84 bits per heavy atom. The second-order valence-electron chi connectivity index (χ2n) is 7.69. The molecule has 1 aliphatic rings. The van der Waals surface area contributed by atoms with Crippen LogP contribution in [-0.2, 0) is 14.6 Å². The number of rotatable bonds is 6. The molecule has 1 aromatic heterocycles. The summed E-state index contributed by atoms with van der Waals surface area (Å²) in [5, 5.41) is 9.36. The smallest absolute Gasteiger partial charge is 0.233 e. The Labute approximate surface area is 186 Å². The van der Waals surface area contributed by atoms with E-state index in [9.17, 15) is 13.2 Å². The summed E-state index contributed by atoms with van der Waals surface area (Å²) in [6.45, 7) is 2.03. The molecule has 4 rings (SSSR count). The lowest BCUT2D eigenvalue weighted by Crippen LogP contribution is -2.38. The average Bonchev–Trinajstić information content (AvgIpc) is 3.35. The van der Waals surface area contributed by atoms with Crippen LogP contribution in [0.3, 0.4) is 0 Å². The van der Waals surface area contributed by atoms with Gasteiger partial charge in [0.25, 0.3) is 0 Å². The molecule has 0 saturated carbocycles. The van der Waals surface area contributed by atoms with Crippen molar-refractivity contribution in [2.75, 3.05) is 24.3 Å². The van der Waals surface area contributed by atoms with Crippen molar-refractivity contribution in [2.24, 2.45) is 0 Å². The minimum Gasteiger partial charge on any atom is -0.341 e. The van der Waals surface area contributed by atoms with Crippen molar-refractivity contribution in [2.45, 2.75) is 24.5 Å². The monoisotopic (exact) mass is 456 g/mol. The summed E-state index contributed by atoms with van der Waals surface area (Å²) in [5.41, 5.74) is 3.00. The van der Waals surface area contributed by atoms with E-state index in [1.54, 1.807) is 11.9 Å². The molecule has 7 nitrogen and oxygen atoms in total. The highest BCUT2D eigenvalue weighted by Gasteiger charge is 2.32. The molecule has 0 radical (unpaired) electrons. The van der Waals surface area contributed by atoms with Gasteiger partial charge in [-0.3, -0.25) is 9.36 Å². The Hall–Kier alpha value is -2.65. The summed E-state index contributed by atoms with van der Waals surface area (Å²) in [7, 11) is -1.37. The number of benzene rings is 2. The zero-order valence-corrected chi connectivity index (χ0v) is 19.1. The van der Waals surface area contributed by atoms with Crippen LogP contribution in [0, 0.1) is 6.92 Å². The number of aromatic nitrogens is 3. The lowest BCUT2D eigenvalue weighted by atomic mass is 10.2. The number of hydrogen-bond acceptors (Lipinski definition) is 6. The van der Waals surface area contributed by atoms with Crippen LogP contribution in [0.4, 0.5) is 0 Å². The van der Waals surface area contributed by atoms with Crippen LogP contribution in [0.15, 0.2) is 59.8 Å². The second kappa shape index (κ2) is 8.84. The molecule has 0 unspecified atom stereocenters. The predicted octanol–water partition coefficient (Wildman–Crippen LogP) is 2.98. The van der Waals surface area contributed by atoms with Crippen molar-refractivity contribution < 1.29 is 13.2 Å². The third-order valence-electron chi connectivity index (χ3n) is 5.43. The van der Waals surface area contributed by atoms with Crippen LogP contribution in [-0.4, -0.2) is 64.3 Å². The Balaban J connectivity index is 1.58. The van der Waals surface area contributed by atoms with Crippen molar-refractivity contribution in [3.05, 3.63) is 60.2 Å². The van der Waals surface area contributed by atoms with Gasteiger partial charge in [-0.25, -0.2) is 8.42 Å². The number of aryl methyl sites for hydroxylation is 1. The fourth-order valence-corrected chi connectivity index (χ4v) is 6.23. The minimum atomic E-state index is -3.04. The van der Waals surface area contributed by atoms with Gasteiger partial charge in [0.05, 0.1) is 17.3 Å². The van der Waals surface area contributed by atoms with Crippen molar-refractivity contribution >= 4 is 27.5 Å².